The van der Waals surface area contributed by atoms with Crippen molar-refractivity contribution in [1.29, 1.82) is 0 Å². The third-order valence-corrected chi connectivity index (χ3v) is 4.05. The van der Waals surface area contributed by atoms with E-state index in [1.54, 1.807) is 0 Å². The van der Waals surface area contributed by atoms with Crippen molar-refractivity contribution in [3.63, 3.8) is 0 Å². The molecule has 0 aliphatic carbocycles. The van der Waals surface area contributed by atoms with Crippen LogP contribution in [0.15, 0.2) is 0 Å². The van der Waals surface area contributed by atoms with E-state index in [0.29, 0.717) is 18.5 Å². The molecular formula is C14H27N3O. The van der Waals surface area contributed by atoms with E-state index in [2.05, 4.69) is 15.5 Å². The van der Waals surface area contributed by atoms with Gasteiger partial charge in [0.1, 0.15) is 0 Å². The molecule has 0 spiro atoms. The second kappa shape index (κ2) is 6.53. The van der Waals surface area contributed by atoms with Crippen molar-refractivity contribution >= 4 is 5.91 Å². The molecule has 0 aromatic heterocycles. The van der Waals surface area contributed by atoms with Gasteiger partial charge in [-0.3, -0.25) is 9.69 Å². The van der Waals surface area contributed by atoms with Gasteiger partial charge in [0.05, 0.1) is 0 Å². The number of rotatable bonds is 5. The highest BCUT2D eigenvalue weighted by molar-refractivity contribution is 5.76. The van der Waals surface area contributed by atoms with Crippen LogP contribution < -0.4 is 10.6 Å². The Kier molecular flexibility index (Phi) is 5.01. The quantitative estimate of drug-likeness (QED) is 0.771. The molecule has 2 aliphatic heterocycles. The monoisotopic (exact) mass is 253 g/mol. The van der Waals surface area contributed by atoms with E-state index in [4.69, 9.17) is 0 Å². The van der Waals surface area contributed by atoms with Crippen molar-refractivity contribution < 1.29 is 4.79 Å². The zero-order chi connectivity index (χ0) is 13.0. The van der Waals surface area contributed by atoms with Gasteiger partial charge in [-0.15, -0.1) is 0 Å². The Bertz CT molecular complexity index is 274. The molecule has 2 N–H and O–H groups in total. The molecule has 1 amide bonds. The van der Waals surface area contributed by atoms with Crippen LogP contribution in [0.5, 0.6) is 0 Å². The van der Waals surface area contributed by atoms with Gasteiger partial charge in [-0.2, -0.15) is 0 Å². The summed E-state index contributed by atoms with van der Waals surface area (Å²) in [6.07, 6.45) is 5.84. The maximum Gasteiger partial charge on any atom is 0.221 e. The third kappa shape index (κ3) is 3.69. The minimum Gasteiger partial charge on any atom is -0.354 e. The van der Waals surface area contributed by atoms with Crippen LogP contribution in [0.25, 0.3) is 0 Å². The summed E-state index contributed by atoms with van der Waals surface area (Å²) in [4.78, 5) is 14.2. The van der Waals surface area contributed by atoms with Gasteiger partial charge in [0.25, 0.3) is 0 Å². The summed E-state index contributed by atoms with van der Waals surface area (Å²) in [5, 5.41) is 6.58. The third-order valence-electron chi connectivity index (χ3n) is 4.05. The molecule has 0 aromatic carbocycles. The summed E-state index contributed by atoms with van der Waals surface area (Å²) in [5.74, 6) is 0.190. The summed E-state index contributed by atoms with van der Waals surface area (Å²) in [7, 11) is 0. The number of amides is 1. The molecule has 2 aliphatic rings. The van der Waals surface area contributed by atoms with E-state index in [1.165, 1.54) is 32.2 Å². The lowest BCUT2D eigenvalue weighted by Gasteiger charge is -2.29. The van der Waals surface area contributed by atoms with Crippen molar-refractivity contribution in [1.82, 2.24) is 15.5 Å². The summed E-state index contributed by atoms with van der Waals surface area (Å²) < 4.78 is 0. The molecular weight excluding hydrogens is 226 g/mol. The molecule has 2 fully saturated rings. The van der Waals surface area contributed by atoms with Crippen molar-refractivity contribution in [3.05, 3.63) is 0 Å². The fourth-order valence-electron chi connectivity index (χ4n) is 3.26. The molecule has 18 heavy (non-hydrogen) atoms. The molecule has 0 radical (unpaired) electrons. The first-order valence-electron chi connectivity index (χ1n) is 7.43. The van der Waals surface area contributed by atoms with Crippen LogP contribution in [-0.2, 0) is 4.79 Å². The Balaban J connectivity index is 1.75. The molecule has 0 bridgehead atoms. The van der Waals surface area contributed by atoms with Crippen molar-refractivity contribution in [2.24, 2.45) is 0 Å². The van der Waals surface area contributed by atoms with Gasteiger partial charge in [0.2, 0.25) is 5.91 Å². The maximum absolute atomic E-state index is 11.7. The first kappa shape index (κ1) is 13.8. The first-order valence-corrected chi connectivity index (χ1v) is 7.43. The predicted octanol–water partition coefficient (Wildman–Crippen LogP) is 1.12. The number of hydrogen-bond acceptors (Lipinski definition) is 3. The predicted molar refractivity (Wildman–Crippen MR) is 73.5 cm³/mol. The van der Waals surface area contributed by atoms with E-state index in [0.717, 1.165) is 13.1 Å². The number of likely N-dealkylation sites (tertiary alicyclic amines) is 1. The zero-order valence-electron chi connectivity index (χ0n) is 11.7. The molecule has 2 atom stereocenters. The number of carbonyl (C=O) groups is 1. The summed E-state index contributed by atoms with van der Waals surface area (Å²) in [6.45, 7) is 7.28. The largest absolute Gasteiger partial charge is 0.354 e. The molecule has 2 saturated heterocycles. The molecule has 0 aromatic rings. The second-order valence-corrected chi connectivity index (χ2v) is 5.92. The Morgan fingerprint density at radius 3 is 2.89 bits per heavy atom. The topological polar surface area (TPSA) is 44.4 Å². The van der Waals surface area contributed by atoms with Crippen LogP contribution in [-0.4, -0.2) is 48.6 Å². The average Bonchev–Trinajstić information content (AvgIpc) is 2.96. The molecule has 2 heterocycles. The highest BCUT2D eigenvalue weighted by Gasteiger charge is 2.32. The van der Waals surface area contributed by atoms with Gasteiger partial charge in [-0.05, 0) is 52.6 Å². The SMILES string of the molecule is CC(C)NC(=O)CCN1CCCC1C1CCCN1. The first-order chi connectivity index (χ1) is 8.66. The lowest BCUT2D eigenvalue weighted by atomic mass is 10.0. The lowest BCUT2D eigenvalue weighted by Crippen LogP contribution is -2.45. The molecule has 0 saturated carbocycles. The highest BCUT2D eigenvalue weighted by Crippen LogP contribution is 2.24. The average molecular weight is 253 g/mol. The zero-order valence-corrected chi connectivity index (χ0v) is 11.7. The Morgan fingerprint density at radius 1 is 1.39 bits per heavy atom. The van der Waals surface area contributed by atoms with E-state index >= 15 is 0 Å². The van der Waals surface area contributed by atoms with E-state index in [1.807, 2.05) is 13.8 Å². The van der Waals surface area contributed by atoms with E-state index in [-0.39, 0.29) is 11.9 Å². The van der Waals surface area contributed by atoms with Gasteiger partial charge < -0.3 is 10.6 Å². The van der Waals surface area contributed by atoms with Crippen LogP contribution in [0.4, 0.5) is 0 Å². The Hall–Kier alpha value is -0.610. The standard InChI is InChI=1S/C14H27N3O/c1-11(2)16-14(18)7-10-17-9-4-6-13(17)12-5-3-8-15-12/h11-13,15H,3-10H2,1-2H3,(H,16,18). The minimum absolute atomic E-state index is 0.190. The fourth-order valence-corrected chi connectivity index (χ4v) is 3.26. The number of nitrogens with one attached hydrogen (secondary N) is 2. The van der Waals surface area contributed by atoms with Gasteiger partial charge in [-0.25, -0.2) is 0 Å². The maximum atomic E-state index is 11.7. The van der Waals surface area contributed by atoms with Gasteiger partial charge in [0.15, 0.2) is 0 Å². The smallest absolute Gasteiger partial charge is 0.221 e. The second-order valence-electron chi connectivity index (χ2n) is 5.92. The Morgan fingerprint density at radius 2 is 2.22 bits per heavy atom. The summed E-state index contributed by atoms with van der Waals surface area (Å²) in [6, 6.07) is 1.59. The fraction of sp³-hybridized carbons (Fsp3) is 0.929. The van der Waals surface area contributed by atoms with Crippen molar-refractivity contribution in [2.45, 2.75) is 64.1 Å². The molecule has 2 rings (SSSR count). The van der Waals surface area contributed by atoms with Gasteiger partial charge in [0, 0.05) is 31.1 Å². The van der Waals surface area contributed by atoms with Gasteiger partial charge in [-0.1, -0.05) is 0 Å². The summed E-state index contributed by atoms with van der Waals surface area (Å²) in [5.41, 5.74) is 0. The highest BCUT2D eigenvalue weighted by atomic mass is 16.1. The molecule has 4 heteroatoms. The van der Waals surface area contributed by atoms with E-state index in [9.17, 15) is 4.79 Å². The number of hydrogen-bond donors (Lipinski definition) is 2. The van der Waals surface area contributed by atoms with E-state index < -0.39 is 0 Å². The van der Waals surface area contributed by atoms with Gasteiger partial charge >= 0.3 is 0 Å². The minimum atomic E-state index is 0.190. The van der Waals surface area contributed by atoms with Crippen LogP contribution in [0.2, 0.25) is 0 Å². The Labute approximate surface area is 110 Å². The summed E-state index contributed by atoms with van der Waals surface area (Å²) >= 11 is 0. The van der Waals surface area contributed by atoms with Crippen LogP contribution in [0.3, 0.4) is 0 Å². The van der Waals surface area contributed by atoms with Crippen molar-refractivity contribution in [2.75, 3.05) is 19.6 Å². The van der Waals surface area contributed by atoms with Crippen LogP contribution >= 0.6 is 0 Å². The van der Waals surface area contributed by atoms with Crippen molar-refractivity contribution in [3.8, 4) is 0 Å². The number of carbonyl (C=O) groups excluding carboxylic acids is 1. The number of nitrogens with zero attached hydrogens (tertiary/aromatic N) is 1. The van der Waals surface area contributed by atoms with Crippen LogP contribution in [0, 0.1) is 0 Å². The lowest BCUT2D eigenvalue weighted by molar-refractivity contribution is -0.121. The molecule has 4 nitrogen and oxygen atoms in total. The normalized spacial score (nSPS) is 29.1. The molecule has 2 unspecified atom stereocenters. The molecule has 104 valence electrons. The van der Waals surface area contributed by atoms with Crippen LogP contribution in [0.1, 0.15) is 46.0 Å².